The maximum atomic E-state index is 13.4. The Morgan fingerprint density at radius 3 is 2.60 bits per heavy atom. The van der Waals surface area contributed by atoms with Crippen LogP contribution in [0.4, 0.5) is 4.39 Å². The van der Waals surface area contributed by atoms with Gasteiger partial charge in [-0.2, -0.15) is 0 Å². The first-order chi connectivity index (χ1) is 6.88. The van der Waals surface area contributed by atoms with Crippen molar-refractivity contribution in [2.75, 3.05) is 7.11 Å². The average Bonchev–Trinajstić information content (AvgIpc) is 2.20. The molecule has 82 valence electrons. The van der Waals surface area contributed by atoms with Gasteiger partial charge in [0, 0.05) is 11.6 Å². The Balaban J connectivity index is 3.17. The zero-order chi connectivity index (χ0) is 11.6. The van der Waals surface area contributed by atoms with Crippen molar-refractivity contribution in [2.24, 2.45) is 0 Å². The molecule has 0 aliphatic rings. The van der Waals surface area contributed by atoms with Crippen molar-refractivity contribution in [3.8, 4) is 0 Å². The number of halogens is 2. The summed E-state index contributed by atoms with van der Waals surface area (Å²) < 4.78 is 19.1. The maximum Gasteiger partial charge on any atom is 0.197 e. The Morgan fingerprint density at radius 2 is 2.07 bits per heavy atom. The standard InChI is InChI=1S/C11H12BrFO2/c1-11(2,15-3)10(14)8-6-7(12)4-5-9(8)13/h4-6H,1-3H3. The van der Waals surface area contributed by atoms with Gasteiger partial charge >= 0.3 is 0 Å². The first-order valence-electron chi connectivity index (χ1n) is 4.43. The summed E-state index contributed by atoms with van der Waals surface area (Å²) in [5.74, 6) is -0.905. The fourth-order valence-electron chi connectivity index (χ4n) is 1.09. The molecule has 0 unspecified atom stereocenters. The van der Waals surface area contributed by atoms with Crippen LogP contribution in [-0.4, -0.2) is 18.5 Å². The fraction of sp³-hybridized carbons (Fsp3) is 0.364. The first kappa shape index (κ1) is 12.3. The molecule has 0 aliphatic carbocycles. The molecule has 0 aliphatic heterocycles. The van der Waals surface area contributed by atoms with Crippen molar-refractivity contribution in [1.29, 1.82) is 0 Å². The van der Waals surface area contributed by atoms with Gasteiger partial charge in [-0.05, 0) is 32.0 Å². The van der Waals surface area contributed by atoms with Gasteiger partial charge in [0.1, 0.15) is 11.4 Å². The van der Waals surface area contributed by atoms with E-state index in [0.29, 0.717) is 4.47 Å². The molecule has 0 saturated carbocycles. The van der Waals surface area contributed by atoms with Gasteiger partial charge in [0.15, 0.2) is 5.78 Å². The Labute approximate surface area is 96.6 Å². The molecule has 0 heterocycles. The third-order valence-corrected chi connectivity index (χ3v) is 2.72. The Morgan fingerprint density at radius 1 is 1.47 bits per heavy atom. The van der Waals surface area contributed by atoms with Crippen molar-refractivity contribution in [2.45, 2.75) is 19.4 Å². The lowest BCUT2D eigenvalue weighted by Gasteiger charge is -2.21. The number of benzene rings is 1. The van der Waals surface area contributed by atoms with Gasteiger partial charge in [0.2, 0.25) is 0 Å². The quantitative estimate of drug-likeness (QED) is 0.792. The summed E-state index contributed by atoms with van der Waals surface area (Å²) in [7, 11) is 1.42. The van der Waals surface area contributed by atoms with E-state index in [-0.39, 0.29) is 11.3 Å². The second-order valence-electron chi connectivity index (χ2n) is 3.67. The SMILES string of the molecule is COC(C)(C)C(=O)c1cc(Br)ccc1F. The molecule has 0 spiro atoms. The first-order valence-corrected chi connectivity index (χ1v) is 5.23. The van der Waals surface area contributed by atoms with E-state index in [0.717, 1.165) is 0 Å². The third kappa shape index (κ3) is 2.63. The highest BCUT2D eigenvalue weighted by molar-refractivity contribution is 9.10. The number of carbonyl (C=O) groups is 1. The average molecular weight is 275 g/mol. The number of rotatable bonds is 3. The fourth-order valence-corrected chi connectivity index (χ4v) is 1.45. The van der Waals surface area contributed by atoms with Crippen molar-refractivity contribution >= 4 is 21.7 Å². The van der Waals surface area contributed by atoms with E-state index in [4.69, 9.17) is 4.74 Å². The molecule has 0 atom stereocenters. The van der Waals surface area contributed by atoms with Gasteiger partial charge in [0.25, 0.3) is 0 Å². The smallest absolute Gasteiger partial charge is 0.197 e. The molecule has 0 N–H and O–H groups in total. The summed E-state index contributed by atoms with van der Waals surface area (Å²) in [6.45, 7) is 3.21. The minimum absolute atomic E-state index is 0.0382. The van der Waals surface area contributed by atoms with Crippen LogP contribution >= 0.6 is 15.9 Å². The molecule has 2 nitrogen and oxygen atoms in total. The summed E-state index contributed by atoms with van der Waals surface area (Å²) in [5, 5.41) is 0. The molecule has 1 rings (SSSR count). The second-order valence-corrected chi connectivity index (χ2v) is 4.58. The monoisotopic (exact) mass is 274 g/mol. The number of hydrogen-bond donors (Lipinski definition) is 0. The summed E-state index contributed by atoms with van der Waals surface area (Å²) in [6.07, 6.45) is 0. The van der Waals surface area contributed by atoms with Gasteiger partial charge in [-0.25, -0.2) is 4.39 Å². The Hall–Kier alpha value is -0.740. The molecule has 15 heavy (non-hydrogen) atoms. The topological polar surface area (TPSA) is 26.3 Å². The van der Waals surface area contributed by atoms with Crippen LogP contribution in [0.2, 0.25) is 0 Å². The number of hydrogen-bond acceptors (Lipinski definition) is 2. The summed E-state index contributed by atoms with van der Waals surface area (Å²) in [5.41, 5.74) is -0.974. The van der Waals surface area contributed by atoms with Crippen LogP contribution in [0.5, 0.6) is 0 Å². The zero-order valence-electron chi connectivity index (χ0n) is 8.80. The molecule has 1 aromatic carbocycles. The highest BCUT2D eigenvalue weighted by Crippen LogP contribution is 2.22. The molecule has 0 saturated heterocycles. The molecule has 0 bridgehead atoms. The van der Waals surface area contributed by atoms with Crippen LogP contribution in [0.15, 0.2) is 22.7 Å². The minimum Gasteiger partial charge on any atom is -0.371 e. The lowest BCUT2D eigenvalue weighted by atomic mass is 9.96. The number of ether oxygens (including phenoxy) is 1. The highest BCUT2D eigenvalue weighted by atomic mass is 79.9. The second kappa shape index (κ2) is 4.41. The van der Waals surface area contributed by atoms with Crippen LogP contribution in [0.25, 0.3) is 0 Å². The lowest BCUT2D eigenvalue weighted by molar-refractivity contribution is 0.0224. The molecule has 1 aromatic rings. The predicted molar refractivity (Wildman–Crippen MR) is 59.5 cm³/mol. The van der Waals surface area contributed by atoms with Gasteiger partial charge < -0.3 is 4.74 Å². The summed E-state index contributed by atoms with van der Waals surface area (Å²) in [4.78, 5) is 11.9. The molecular formula is C11H12BrFO2. The number of methoxy groups -OCH3 is 1. The number of ketones is 1. The Kier molecular flexibility index (Phi) is 3.62. The molecule has 4 heteroatoms. The summed E-state index contributed by atoms with van der Waals surface area (Å²) in [6, 6.07) is 4.26. The largest absolute Gasteiger partial charge is 0.371 e. The van der Waals surface area contributed by atoms with Crippen molar-refractivity contribution in [3.05, 3.63) is 34.1 Å². The molecule has 0 radical (unpaired) electrons. The molecule has 0 aromatic heterocycles. The maximum absolute atomic E-state index is 13.4. The van der Waals surface area contributed by atoms with Gasteiger partial charge in [0.05, 0.1) is 5.56 Å². The zero-order valence-corrected chi connectivity index (χ0v) is 10.4. The van der Waals surface area contributed by atoms with Gasteiger partial charge in [-0.15, -0.1) is 0 Å². The lowest BCUT2D eigenvalue weighted by Crippen LogP contribution is -2.34. The van der Waals surface area contributed by atoms with Crippen molar-refractivity contribution < 1.29 is 13.9 Å². The van der Waals surface area contributed by atoms with E-state index < -0.39 is 11.4 Å². The van der Waals surface area contributed by atoms with Gasteiger partial charge in [-0.1, -0.05) is 15.9 Å². The van der Waals surface area contributed by atoms with Crippen LogP contribution in [0.3, 0.4) is 0 Å². The molecule has 0 fully saturated rings. The van der Waals surface area contributed by atoms with Crippen LogP contribution in [0.1, 0.15) is 24.2 Å². The predicted octanol–water partition coefficient (Wildman–Crippen LogP) is 3.20. The van der Waals surface area contributed by atoms with E-state index in [1.54, 1.807) is 19.9 Å². The van der Waals surface area contributed by atoms with E-state index in [1.807, 2.05) is 0 Å². The highest BCUT2D eigenvalue weighted by Gasteiger charge is 2.30. The van der Waals surface area contributed by atoms with Crippen LogP contribution in [0, 0.1) is 5.82 Å². The van der Waals surface area contributed by atoms with E-state index in [9.17, 15) is 9.18 Å². The molecular weight excluding hydrogens is 263 g/mol. The van der Waals surface area contributed by atoms with Crippen LogP contribution < -0.4 is 0 Å². The van der Waals surface area contributed by atoms with Crippen molar-refractivity contribution in [1.82, 2.24) is 0 Å². The van der Waals surface area contributed by atoms with Crippen LogP contribution in [-0.2, 0) is 4.74 Å². The normalized spacial score (nSPS) is 11.5. The van der Waals surface area contributed by atoms with Crippen molar-refractivity contribution in [3.63, 3.8) is 0 Å². The van der Waals surface area contributed by atoms with E-state index >= 15 is 0 Å². The van der Waals surface area contributed by atoms with E-state index in [1.165, 1.54) is 19.2 Å². The number of carbonyl (C=O) groups excluding carboxylic acids is 1. The molecule has 0 amide bonds. The minimum atomic E-state index is -1.01. The Bertz CT molecular complexity index is 388. The third-order valence-electron chi connectivity index (χ3n) is 2.23. The van der Waals surface area contributed by atoms with Gasteiger partial charge in [-0.3, -0.25) is 4.79 Å². The van der Waals surface area contributed by atoms with E-state index in [2.05, 4.69) is 15.9 Å². The number of Topliss-reactive ketones (excluding diaryl/α,β-unsaturated/α-hetero) is 1. The summed E-state index contributed by atoms with van der Waals surface area (Å²) >= 11 is 3.19.